The number of hydrogen-bond acceptors (Lipinski definition) is 2. The molecule has 0 unspecified atom stereocenters. The molecule has 0 saturated carbocycles. The Hall–Kier alpha value is -11.7. The summed E-state index contributed by atoms with van der Waals surface area (Å²) in [5.74, 6) is 1.15. The van der Waals surface area contributed by atoms with Crippen molar-refractivity contribution >= 4 is 83.8 Å². The van der Waals surface area contributed by atoms with Crippen molar-refractivity contribution in [2.75, 3.05) is 4.90 Å². The smallest absolute Gasteiger partial charge is 0.256 e. The van der Waals surface area contributed by atoms with E-state index in [1.165, 1.54) is 22.3 Å². The molecule has 2 aliphatic heterocycles. The van der Waals surface area contributed by atoms with E-state index >= 15 is 0 Å². The minimum atomic E-state index is -2.18. The third kappa shape index (κ3) is 10.0. The summed E-state index contributed by atoms with van der Waals surface area (Å²) in [7, 11) is 0. The monoisotopic (exact) mass is 1380 g/mol. The summed E-state index contributed by atoms with van der Waals surface area (Å²) in [4.78, 5) is 2.43. The van der Waals surface area contributed by atoms with Gasteiger partial charge in [-0.3, -0.25) is 0 Å². The van der Waals surface area contributed by atoms with Gasteiger partial charge in [-0.2, -0.15) is 0 Å². The van der Waals surface area contributed by atoms with Crippen LogP contribution in [0.4, 0.5) is 17.1 Å². The van der Waals surface area contributed by atoms with E-state index in [-0.39, 0.29) is 32.8 Å². The minimum absolute atomic E-state index is 0.130. The van der Waals surface area contributed by atoms with Gasteiger partial charge in [0.15, 0.2) is 0 Å². The standard InChI is InChI=1S/C101H86BN3O/c1-97(2,3)68-43-51-86-79(57-68)80-58-69(98(4,5)6)44-52-87(80)103(86)72-47-49-84-90(61-72)105(96-75(63-29-17-13-18-30-63)39-28-40-76(96)64-31-19-14-20-32-64)91-55-65(74-38-27-41-78-77-37-25-26-42-83(77)101(94(74)78,66-33-21-15-22-34-66)67-35-23-16-24-36-67)56-93-95(91)102(84)85-50-48-73(62-92(85)106-93)104-88-53-45-70(99(7,8)9)59-81(88)82-60-71(100(10,11)12)46-54-89(82)104/h13-62H,1-12H3/i15D,16D,21D,22D,23D,24D,33D,34D,35D,36D. The number of fused-ring (bicyclic) bond motifs is 13. The van der Waals surface area contributed by atoms with Gasteiger partial charge in [0.25, 0.3) is 6.71 Å². The van der Waals surface area contributed by atoms with Gasteiger partial charge >= 0.3 is 0 Å². The predicted molar refractivity (Wildman–Crippen MR) is 449 cm³/mol. The van der Waals surface area contributed by atoms with Crippen LogP contribution in [0, 0.1) is 0 Å². The average molecular weight is 1380 g/mol. The molecule has 4 heterocycles. The number of ether oxygens (including phenoxy) is 1. The Morgan fingerprint density at radius 2 is 0.764 bits per heavy atom. The van der Waals surface area contributed by atoms with Gasteiger partial charge in [0.1, 0.15) is 11.5 Å². The largest absolute Gasteiger partial charge is 0.458 e. The van der Waals surface area contributed by atoms with Crippen LogP contribution >= 0.6 is 0 Å². The molecule has 3 aliphatic rings. The van der Waals surface area contributed by atoms with Gasteiger partial charge in [0, 0.05) is 61.5 Å². The number of nitrogens with zero attached hydrogens (tertiary/aromatic N) is 3. The molecule has 0 N–H and O–H groups in total. The van der Waals surface area contributed by atoms with Crippen LogP contribution in [-0.4, -0.2) is 15.8 Å². The molecule has 4 nitrogen and oxygen atoms in total. The second kappa shape index (κ2) is 23.7. The van der Waals surface area contributed by atoms with Crippen LogP contribution < -0.4 is 26.0 Å². The number of hydrogen-bond donors (Lipinski definition) is 0. The summed E-state index contributed by atoms with van der Waals surface area (Å²) in [5, 5.41) is 4.59. The van der Waals surface area contributed by atoms with Crippen molar-refractivity contribution in [2.45, 2.75) is 110 Å². The van der Waals surface area contributed by atoms with E-state index in [0.717, 1.165) is 111 Å². The SMILES string of the molecule is [2H]c1c([2H])c([2H])c(C2(c3c([2H])c([2H])c([2H])c([2H])c3[2H])c3ccccc3-c3cccc(-c4cc5c6c(c4)N(c4c(-c7ccccc7)cccc4-c4ccccc4)c4cc(-n7c8ccc(C(C)(C)C)cc8c8cc(C(C)(C)C)ccc87)ccc4B6c4ccc(-n6c7ccc(C(C)(C)C)cc7c7cc(C(C)(C)C)ccc76)cc4O5)c32)c([2H])c1[2H]. The quantitative estimate of drug-likeness (QED) is 0.142. The van der Waals surface area contributed by atoms with Crippen LogP contribution in [0.1, 0.15) is 141 Å². The normalized spacial score (nSPS) is 15.1. The Bertz CT molecular complexity index is 6600. The van der Waals surface area contributed by atoms with Gasteiger partial charge in [-0.25, -0.2) is 0 Å². The molecule has 5 heteroatoms. The molecule has 19 rings (SSSR count). The topological polar surface area (TPSA) is 22.3 Å². The first kappa shape index (κ1) is 54.9. The van der Waals surface area contributed by atoms with E-state index in [1.54, 1.807) is 12.1 Å². The van der Waals surface area contributed by atoms with Crippen LogP contribution in [0.5, 0.6) is 11.5 Å². The highest BCUT2D eigenvalue weighted by molar-refractivity contribution is 6.99. The molecule has 0 spiro atoms. The zero-order valence-corrected chi connectivity index (χ0v) is 61.9. The molecular formula is C101H86BN3O. The van der Waals surface area contributed by atoms with E-state index in [4.69, 9.17) is 7.48 Å². The number of aromatic nitrogens is 2. The Morgan fingerprint density at radius 3 is 1.25 bits per heavy atom. The molecule has 514 valence electrons. The molecule has 0 saturated heterocycles. The molecule has 16 aromatic rings. The van der Waals surface area contributed by atoms with Crippen molar-refractivity contribution in [1.29, 1.82) is 0 Å². The fraction of sp³-hybridized carbons (Fsp3) is 0.168. The summed E-state index contributed by atoms with van der Waals surface area (Å²) in [6.07, 6.45) is 0. The number of para-hydroxylation sites is 1. The molecule has 106 heavy (non-hydrogen) atoms. The first-order valence-corrected chi connectivity index (χ1v) is 37.0. The van der Waals surface area contributed by atoms with E-state index in [9.17, 15) is 11.0 Å². The minimum Gasteiger partial charge on any atom is -0.458 e. The molecule has 14 aromatic carbocycles. The first-order chi connectivity index (χ1) is 55.2. The van der Waals surface area contributed by atoms with E-state index < -0.39 is 72.6 Å². The van der Waals surface area contributed by atoms with Crippen LogP contribution in [0.25, 0.3) is 99.5 Å². The summed E-state index contributed by atoms with van der Waals surface area (Å²) in [6, 6.07) is 80.1. The van der Waals surface area contributed by atoms with Gasteiger partial charge < -0.3 is 18.8 Å². The Kier molecular flexibility index (Phi) is 12.3. The van der Waals surface area contributed by atoms with E-state index in [2.05, 4.69) is 285 Å². The zero-order valence-electron chi connectivity index (χ0n) is 71.9. The molecular weight excluding hydrogens is 1280 g/mol. The number of rotatable bonds is 8. The lowest BCUT2D eigenvalue weighted by Crippen LogP contribution is -2.59. The number of benzene rings is 14. The Labute approximate surface area is 638 Å². The molecule has 0 atom stereocenters. The summed E-state index contributed by atoms with van der Waals surface area (Å²) in [5.41, 5.74) is 19.9. The van der Waals surface area contributed by atoms with Crippen molar-refractivity contribution in [2.24, 2.45) is 0 Å². The molecule has 0 fully saturated rings. The fourth-order valence-electron chi connectivity index (χ4n) is 17.5. The maximum absolute atomic E-state index is 10.2. The summed E-state index contributed by atoms with van der Waals surface area (Å²) in [6.45, 7) is 26.7. The van der Waals surface area contributed by atoms with Crippen molar-refractivity contribution < 1.29 is 18.4 Å². The second-order valence-corrected chi connectivity index (χ2v) is 33.3. The van der Waals surface area contributed by atoms with Crippen LogP contribution in [0.2, 0.25) is 0 Å². The van der Waals surface area contributed by atoms with E-state index in [1.807, 2.05) is 42.5 Å². The molecule has 0 bridgehead atoms. The zero-order chi connectivity index (χ0) is 81.2. The third-order valence-corrected chi connectivity index (χ3v) is 22.8. The second-order valence-electron chi connectivity index (χ2n) is 33.3. The van der Waals surface area contributed by atoms with Crippen LogP contribution in [0.3, 0.4) is 0 Å². The van der Waals surface area contributed by atoms with Crippen molar-refractivity contribution in [3.63, 3.8) is 0 Å². The van der Waals surface area contributed by atoms with Gasteiger partial charge in [0.05, 0.1) is 46.9 Å². The Balaban J connectivity index is 0.970. The average Bonchev–Trinajstić information content (AvgIpc) is 1.39. The highest BCUT2D eigenvalue weighted by atomic mass is 16.5. The summed E-state index contributed by atoms with van der Waals surface area (Å²) >= 11 is 0. The molecule has 0 amide bonds. The van der Waals surface area contributed by atoms with Gasteiger partial charge in [-0.1, -0.05) is 301 Å². The lowest BCUT2D eigenvalue weighted by molar-refractivity contribution is 0.487. The Morgan fingerprint density at radius 1 is 0.340 bits per heavy atom. The van der Waals surface area contributed by atoms with Crippen molar-refractivity contribution in [3.05, 3.63) is 348 Å². The van der Waals surface area contributed by atoms with Gasteiger partial charge in [-0.15, -0.1) is 0 Å². The summed E-state index contributed by atoms with van der Waals surface area (Å²) < 4.78 is 110. The predicted octanol–water partition coefficient (Wildman–Crippen LogP) is 24.8. The fourth-order valence-corrected chi connectivity index (χ4v) is 17.5. The highest BCUT2D eigenvalue weighted by Crippen LogP contribution is 2.60. The lowest BCUT2D eigenvalue weighted by Gasteiger charge is -2.42. The van der Waals surface area contributed by atoms with Gasteiger partial charge in [-0.05, 0) is 195 Å². The maximum Gasteiger partial charge on any atom is 0.256 e. The third-order valence-electron chi connectivity index (χ3n) is 22.8. The van der Waals surface area contributed by atoms with Crippen molar-refractivity contribution in [3.8, 4) is 67.4 Å². The molecule has 1 aliphatic carbocycles. The lowest BCUT2D eigenvalue weighted by atomic mass is 9.34. The van der Waals surface area contributed by atoms with Crippen LogP contribution in [-0.2, 0) is 27.1 Å². The van der Waals surface area contributed by atoms with Gasteiger partial charge in [0.2, 0.25) is 0 Å². The van der Waals surface area contributed by atoms with E-state index in [0.29, 0.717) is 44.9 Å². The molecule has 2 aromatic heterocycles. The van der Waals surface area contributed by atoms with Crippen LogP contribution in [0.15, 0.2) is 303 Å². The highest BCUT2D eigenvalue weighted by Gasteiger charge is 2.49. The first-order valence-electron chi connectivity index (χ1n) is 42.0. The number of anilines is 3. The molecule has 0 radical (unpaired) electrons. The maximum atomic E-state index is 10.2. The van der Waals surface area contributed by atoms with Crippen molar-refractivity contribution in [1.82, 2.24) is 9.13 Å².